The molecule has 4 rings (SSSR count). The Bertz CT molecular complexity index is 1250. The molecule has 4 aromatic rings. The Morgan fingerprint density at radius 2 is 2.06 bits per heavy atom. The van der Waals surface area contributed by atoms with Crippen LogP contribution in [0.15, 0.2) is 36.9 Å². The first-order chi connectivity index (χ1) is 14.7. The number of halogens is 5. The molecule has 0 aliphatic rings. The van der Waals surface area contributed by atoms with Gasteiger partial charge in [0.15, 0.2) is 0 Å². The topological polar surface area (TPSA) is 100 Å². The maximum absolute atomic E-state index is 12.4. The van der Waals surface area contributed by atoms with Gasteiger partial charge in [-0.05, 0) is 17.7 Å². The third kappa shape index (κ3) is 4.39. The average Bonchev–Trinajstić information content (AvgIpc) is 3.33. The summed E-state index contributed by atoms with van der Waals surface area (Å²) >= 11 is 0. The first kappa shape index (κ1) is 20.5. The van der Waals surface area contributed by atoms with Crippen molar-refractivity contribution in [2.45, 2.75) is 12.6 Å². The van der Waals surface area contributed by atoms with Crippen LogP contribution in [0.1, 0.15) is 10.4 Å². The summed E-state index contributed by atoms with van der Waals surface area (Å²) in [5.41, 5.74) is 2.11. The molecule has 0 aliphatic heterocycles. The molecule has 1 amide bonds. The highest BCUT2D eigenvalue weighted by Crippen LogP contribution is 2.29. The van der Waals surface area contributed by atoms with Gasteiger partial charge >= 0.3 is 6.18 Å². The van der Waals surface area contributed by atoms with E-state index >= 15 is 0 Å². The van der Waals surface area contributed by atoms with Gasteiger partial charge in [0.2, 0.25) is 5.95 Å². The normalized spacial score (nSPS) is 12.1. The summed E-state index contributed by atoms with van der Waals surface area (Å²) in [6, 6.07) is 3.35. The van der Waals surface area contributed by atoms with Crippen molar-refractivity contribution >= 4 is 28.4 Å². The zero-order valence-corrected chi connectivity index (χ0v) is 15.5. The number of pyridine rings is 1. The number of anilines is 1. The Morgan fingerprint density at radius 3 is 2.81 bits per heavy atom. The smallest absolute Gasteiger partial charge is 0.346 e. The van der Waals surface area contributed by atoms with Gasteiger partial charge in [0, 0.05) is 29.5 Å². The molecule has 0 saturated heterocycles. The number of fused-ring (bicyclic) bond motifs is 2. The van der Waals surface area contributed by atoms with Crippen molar-refractivity contribution in [3.8, 4) is 11.1 Å². The van der Waals surface area contributed by atoms with Crippen LogP contribution in [0.5, 0.6) is 0 Å². The van der Waals surface area contributed by atoms with E-state index in [-0.39, 0.29) is 11.5 Å². The highest BCUT2D eigenvalue weighted by molar-refractivity contribution is 6.02. The number of carbonyl (C=O) groups is 1. The zero-order valence-electron chi connectivity index (χ0n) is 15.5. The van der Waals surface area contributed by atoms with Gasteiger partial charge < -0.3 is 15.6 Å². The lowest BCUT2D eigenvalue weighted by molar-refractivity contribution is -0.115. The summed E-state index contributed by atoms with van der Waals surface area (Å²) in [7, 11) is 0. The second-order valence-electron chi connectivity index (χ2n) is 6.53. The largest absolute Gasteiger partial charge is 0.405 e. The molecule has 0 saturated carbocycles. The lowest BCUT2D eigenvalue weighted by Gasteiger charge is -2.08. The van der Waals surface area contributed by atoms with Crippen LogP contribution >= 0.6 is 0 Å². The number of rotatable bonds is 6. The highest BCUT2D eigenvalue weighted by atomic mass is 19.4. The van der Waals surface area contributed by atoms with Gasteiger partial charge in [-0.3, -0.25) is 4.79 Å². The Hall–Kier alpha value is -3.77. The number of alkyl halides is 5. The first-order valence-electron chi connectivity index (χ1n) is 8.90. The van der Waals surface area contributed by atoms with Crippen LogP contribution in [0.3, 0.4) is 0 Å². The van der Waals surface area contributed by atoms with E-state index in [1.54, 1.807) is 24.5 Å². The van der Waals surface area contributed by atoms with Crippen LogP contribution in [0.25, 0.3) is 27.7 Å². The van der Waals surface area contributed by atoms with Gasteiger partial charge in [0.25, 0.3) is 12.3 Å². The number of H-pyrrole nitrogens is 1. The molecule has 4 heterocycles. The second kappa shape index (κ2) is 7.81. The predicted octanol–water partition coefficient (Wildman–Crippen LogP) is 3.24. The highest BCUT2D eigenvalue weighted by Gasteiger charge is 2.27. The van der Waals surface area contributed by atoms with Gasteiger partial charge in [-0.25, -0.2) is 18.3 Å². The van der Waals surface area contributed by atoms with E-state index in [9.17, 15) is 26.7 Å². The maximum atomic E-state index is 12.4. The van der Waals surface area contributed by atoms with Crippen molar-refractivity contribution in [2.75, 3.05) is 18.4 Å². The van der Waals surface area contributed by atoms with Crippen molar-refractivity contribution in [3.63, 3.8) is 0 Å². The summed E-state index contributed by atoms with van der Waals surface area (Å²) in [6.07, 6.45) is -1.23. The molecule has 31 heavy (non-hydrogen) atoms. The molecule has 0 aromatic carbocycles. The number of amides is 1. The summed E-state index contributed by atoms with van der Waals surface area (Å²) in [5.74, 6) is -0.863. The fraction of sp³-hybridized carbons (Fsp3) is 0.222. The van der Waals surface area contributed by atoms with Gasteiger partial charge in [-0.1, -0.05) is 0 Å². The van der Waals surface area contributed by atoms with Gasteiger partial charge in [0.1, 0.15) is 12.2 Å². The lowest BCUT2D eigenvalue weighted by atomic mass is 10.1. The van der Waals surface area contributed by atoms with Crippen molar-refractivity contribution in [1.29, 1.82) is 0 Å². The van der Waals surface area contributed by atoms with Crippen molar-refractivity contribution < 1.29 is 26.7 Å². The average molecular weight is 439 g/mol. The van der Waals surface area contributed by atoms with E-state index in [4.69, 9.17) is 0 Å². The molecule has 4 aromatic heterocycles. The Kier molecular flexibility index (Phi) is 5.17. The van der Waals surface area contributed by atoms with E-state index < -0.39 is 31.6 Å². The van der Waals surface area contributed by atoms with Crippen LogP contribution in [0.2, 0.25) is 0 Å². The van der Waals surface area contributed by atoms with Crippen LogP contribution in [-0.4, -0.2) is 56.2 Å². The Morgan fingerprint density at radius 1 is 1.26 bits per heavy atom. The number of aromatic nitrogens is 5. The molecule has 0 spiro atoms. The summed E-state index contributed by atoms with van der Waals surface area (Å²) in [6.45, 7) is -2.04. The molecular formula is C18H14F5N7O. The van der Waals surface area contributed by atoms with E-state index in [0.29, 0.717) is 27.7 Å². The fourth-order valence-corrected chi connectivity index (χ4v) is 3.00. The first-order valence-corrected chi connectivity index (χ1v) is 8.90. The van der Waals surface area contributed by atoms with Crippen LogP contribution in [0.4, 0.5) is 27.9 Å². The minimum Gasteiger partial charge on any atom is -0.346 e. The van der Waals surface area contributed by atoms with E-state index in [1.165, 1.54) is 16.9 Å². The Balaban J connectivity index is 1.65. The van der Waals surface area contributed by atoms with Crippen molar-refractivity contribution in [2.24, 2.45) is 0 Å². The van der Waals surface area contributed by atoms with Crippen LogP contribution in [0, 0.1) is 0 Å². The minimum absolute atomic E-state index is 0.122. The zero-order chi connectivity index (χ0) is 22.2. The van der Waals surface area contributed by atoms with E-state index in [0.717, 1.165) is 0 Å². The van der Waals surface area contributed by atoms with Crippen molar-refractivity contribution in [1.82, 2.24) is 29.9 Å². The summed E-state index contributed by atoms with van der Waals surface area (Å²) < 4.78 is 63.2. The fourth-order valence-electron chi connectivity index (χ4n) is 3.00. The molecule has 0 atom stereocenters. The van der Waals surface area contributed by atoms with Gasteiger partial charge in [0.05, 0.1) is 23.8 Å². The Labute approximate surface area is 170 Å². The molecule has 0 bridgehead atoms. The predicted molar refractivity (Wildman–Crippen MR) is 101 cm³/mol. The van der Waals surface area contributed by atoms with Crippen molar-refractivity contribution in [3.05, 3.63) is 42.5 Å². The monoisotopic (exact) mass is 439 g/mol. The number of nitrogens with one attached hydrogen (secondary N) is 3. The quantitative estimate of drug-likeness (QED) is 0.401. The summed E-state index contributed by atoms with van der Waals surface area (Å²) in [5, 5.41) is 8.83. The molecule has 0 fully saturated rings. The minimum atomic E-state index is -4.40. The standard InChI is InChI=1S/C18H14F5N7O/c19-14(20)7-25-16(31)12-6-28-30-2-1-9(3-13(12)30)10-4-24-15-11(10)5-26-17(29-15)27-8-18(21,22)23/h1-6,14H,7-8H2,(H,25,31)(H2,24,26,27,29). The molecule has 162 valence electrons. The molecule has 0 aliphatic carbocycles. The van der Waals surface area contributed by atoms with Gasteiger partial charge in [-0.2, -0.15) is 23.3 Å². The van der Waals surface area contributed by atoms with Crippen LogP contribution in [-0.2, 0) is 0 Å². The second-order valence-corrected chi connectivity index (χ2v) is 6.53. The number of carbonyl (C=O) groups excluding carboxylic acids is 1. The molecular weight excluding hydrogens is 425 g/mol. The molecule has 13 heteroatoms. The number of nitrogens with zero attached hydrogens (tertiary/aromatic N) is 4. The molecule has 3 N–H and O–H groups in total. The number of hydrogen-bond acceptors (Lipinski definition) is 5. The third-order valence-corrected chi connectivity index (χ3v) is 4.37. The SMILES string of the molecule is O=C(NCC(F)F)c1cnn2ccc(-c3c[nH]c4nc(NCC(F)(F)F)ncc34)cc12. The molecule has 0 unspecified atom stereocenters. The van der Waals surface area contributed by atoms with Crippen LogP contribution < -0.4 is 10.6 Å². The van der Waals surface area contributed by atoms with Gasteiger partial charge in [-0.15, -0.1) is 0 Å². The maximum Gasteiger partial charge on any atom is 0.405 e. The van der Waals surface area contributed by atoms with E-state index in [2.05, 4.69) is 30.7 Å². The molecule has 0 radical (unpaired) electrons. The number of hydrogen-bond donors (Lipinski definition) is 3. The lowest BCUT2D eigenvalue weighted by Crippen LogP contribution is -2.28. The number of aromatic amines is 1. The third-order valence-electron chi connectivity index (χ3n) is 4.37. The van der Waals surface area contributed by atoms with E-state index in [1.807, 2.05) is 0 Å². The molecule has 8 nitrogen and oxygen atoms in total. The summed E-state index contributed by atoms with van der Waals surface area (Å²) in [4.78, 5) is 23.0.